The number of hydrogen-bond donors (Lipinski definition) is 0. The highest BCUT2D eigenvalue weighted by Crippen LogP contribution is 2.26. The number of fused-ring (bicyclic) bond motifs is 1. The Balaban J connectivity index is 1.96. The summed E-state index contributed by atoms with van der Waals surface area (Å²) in [6.07, 6.45) is 3.02. The van der Waals surface area contributed by atoms with Gasteiger partial charge in [0.2, 0.25) is 0 Å². The van der Waals surface area contributed by atoms with Gasteiger partial charge in [0.05, 0.1) is 10.5 Å². The van der Waals surface area contributed by atoms with Gasteiger partial charge < -0.3 is 4.74 Å². The van der Waals surface area contributed by atoms with Crippen molar-refractivity contribution in [2.45, 2.75) is 0 Å². The van der Waals surface area contributed by atoms with Gasteiger partial charge in [-0.1, -0.05) is 17.7 Å². The second-order valence-electron chi connectivity index (χ2n) is 3.90. The smallest absolute Gasteiger partial charge is 0.255 e. The molecule has 0 unspecified atom stereocenters. The molecule has 2 aromatic heterocycles. The number of nitrogens with zero attached hydrogens (tertiary/aromatic N) is 2. The average Bonchev–Trinajstić information content (AvgIpc) is 2.42. The predicted octanol–water partition coefficient (Wildman–Crippen LogP) is 4.21. The Morgan fingerprint density at radius 1 is 1.11 bits per heavy atom. The van der Waals surface area contributed by atoms with Crippen molar-refractivity contribution in [2.24, 2.45) is 0 Å². The van der Waals surface area contributed by atoms with E-state index in [1.807, 2.05) is 18.2 Å². The van der Waals surface area contributed by atoms with Gasteiger partial charge in [-0.15, -0.1) is 0 Å². The van der Waals surface area contributed by atoms with Crippen molar-refractivity contribution in [1.29, 1.82) is 0 Å². The SMILES string of the molecule is Fc1cc(Cl)cnc1Oc1ccc2cccnc2c1. The van der Waals surface area contributed by atoms with Crippen LogP contribution in [0.1, 0.15) is 0 Å². The first-order valence-corrected chi connectivity index (χ1v) is 5.94. The highest BCUT2D eigenvalue weighted by molar-refractivity contribution is 6.30. The third kappa shape index (κ3) is 2.48. The van der Waals surface area contributed by atoms with E-state index in [0.29, 0.717) is 5.75 Å². The molecule has 2 heterocycles. The van der Waals surface area contributed by atoms with Crippen molar-refractivity contribution in [3.8, 4) is 11.6 Å². The number of ether oxygens (including phenoxy) is 1. The van der Waals surface area contributed by atoms with E-state index in [-0.39, 0.29) is 10.9 Å². The van der Waals surface area contributed by atoms with Crippen LogP contribution in [0.5, 0.6) is 11.6 Å². The minimum absolute atomic E-state index is 0.111. The van der Waals surface area contributed by atoms with Crippen molar-refractivity contribution in [2.75, 3.05) is 0 Å². The van der Waals surface area contributed by atoms with Gasteiger partial charge >= 0.3 is 0 Å². The van der Waals surface area contributed by atoms with Gasteiger partial charge in [0, 0.05) is 23.8 Å². The van der Waals surface area contributed by atoms with Gasteiger partial charge in [0.25, 0.3) is 5.88 Å². The largest absolute Gasteiger partial charge is 0.436 e. The van der Waals surface area contributed by atoms with E-state index in [2.05, 4.69) is 9.97 Å². The fourth-order valence-electron chi connectivity index (χ4n) is 1.70. The van der Waals surface area contributed by atoms with Crippen molar-refractivity contribution in [1.82, 2.24) is 9.97 Å². The fourth-order valence-corrected chi connectivity index (χ4v) is 1.84. The summed E-state index contributed by atoms with van der Waals surface area (Å²) in [6.45, 7) is 0. The van der Waals surface area contributed by atoms with E-state index >= 15 is 0 Å². The molecule has 1 aromatic carbocycles. The predicted molar refractivity (Wildman–Crippen MR) is 71.0 cm³/mol. The molecule has 0 saturated heterocycles. The molecule has 94 valence electrons. The van der Waals surface area contributed by atoms with Crippen molar-refractivity contribution in [3.63, 3.8) is 0 Å². The molecule has 3 rings (SSSR count). The summed E-state index contributed by atoms with van der Waals surface area (Å²) in [5.74, 6) is -0.242. The minimum Gasteiger partial charge on any atom is -0.436 e. The lowest BCUT2D eigenvalue weighted by Crippen LogP contribution is -1.92. The Morgan fingerprint density at radius 3 is 2.84 bits per heavy atom. The summed E-state index contributed by atoms with van der Waals surface area (Å²) in [7, 11) is 0. The molecule has 5 heteroatoms. The van der Waals surface area contributed by atoms with Crippen LogP contribution in [0, 0.1) is 5.82 Å². The zero-order valence-corrected chi connectivity index (χ0v) is 10.4. The molecular formula is C14H8ClFN2O. The normalized spacial score (nSPS) is 10.6. The topological polar surface area (TPSA) is 35.0 Å². The maximum absolute atomic E-state index is 13.6. The van der Waals surface area contributed by atoms with Crippen LogP contribution in [-0.4, -0.2) is 9.97 Å². The minimum atomic E-state index is -0.603. The first-order valence-electron chi connectivity index (χ1n) is 5.56. The maximum Gasteiger partial charge on any atom is 0.255 e. The van der Waals surface area contributed by atoms with Gasteiger partial charge in [-0.2, -0.15) is 0 Å². The Bertz CT molecular complexity index is 748. The summed E-state index contributed by atoms with van der Waals surface area (Å²) in [6, 6.07) is 10.3. The van der Waals surface area contributed by atoms with E-state index in [1.54, 1.807) is 18.3 Å². The second kappa shape index (κ2) is 4.82. The van der Waals surface area contributed by atoms with Gasteiger partial charge in [0.1, 0.15) is 5.75 Å². The van der Waals surface area contributed by atoms with E-state index in [1.165, 1.54) is 6.20 Å². The van der Waals surface area contributed by atoms with E-state index in [0.717, 1.165) is 17.0 Å². The zero-order chi connectivity index (χ0) is 13.2. The van der Waals surface area contributed by atoms with Gasteiger partial charge in [-0.05, 0) is 24.3 Å². The summed E-state index contributed by atoms with van der Waals surface area (Å²) in [5.41, 5.74) is 0.773. The van der Waals surface area contributed by atoms with E-state index in [4.69, 9.17) is 16.3 Å². The van der Waals surface area contributed by atoms with Crippen LogP contribution in [0.15, 0.2) is 48.8 Å². The fraction of sp³-hybridized carbons (Fsp3) is 0. The van der Waals surface area contributed by atoms with Crippen LogP contribution in [0.4, 0.5) is 4.39 Å². The van der Waals surface area contributed by atoms with Crippen molar-refractivity contribution < 1.29 is 9.13 Å². The lowest BCUT2D eigenvalue weighted by Gasteiger charge is -2.06. The second-order valence-corrected chi connectivity index (χ2v) is 4.34. The molecule has 0 bridgehead atoms. The van der Waals surface area contributed by atoms with E-state index < -0.39 is 5.82 Å². The third-order valence-electron chi connectivity index (χ3n) is 2.57. The number of pyridine rings is 2. The standard InChI is InChI=1S/C14H8ClFN2O/c15-10-6-12(16)14(18-8-10)19-11-4-3-9-2-1-5-17-13(9)7-11/h1-8H. The molecule has 0 aliphatic rings. The summed E-state index contributed by atoms with van der Waals surface area (Å²) < 4.78 is 18.9. The molecule has 0 saturated carbocycles. The first-order chi connectivity index (χ1) is 9.22. The number of rotatable bonds is 2. The maximum atomic E-state index is 13.6. The molecule has 3 aromatic rings. The van der Waals surface area contributed by atoms with Crippen LogP contribution in [0.2, 0.25) is 5.02 Å². The van der Waals surface area contributed by atoms with Crippen LogP contribution >= 0.6 is 11.6 Å². The molecular weight excluding hydrogens is 267 g/mol. The van der Waals surface area contributed by atoms with Crippen LogP contribution in [0.3, 0.4) is 0 Å². The number of hydrogen-bond acceptors (Lipinski definition) is 3. The molecule has 19 heavy (non-hydrogen) atoms. The summed E-state index contributed by atoms with van der Waals surface area (Å²) in [5, 5.41) is 1.21. The Labute approximate surface area is 113 Å². The molecule has 0 amide bonds. The molecule has 0 aliphatic carbocycles. The van der Waals surface area contributed by atoms with Gasteiger partial charge in [-0.3, -0.25) is 4.98 Å². The lowest BCUT2D eigenvalue weighted by atomic mass is 10.2. The van der Waals surface area contributed by atoms with Crippen LogP contribution in [0.25, 0.3) is 10.9 Å². The molecule has 3 nitrogen and oxygen atoms in total. The molecule has 0 radical (unpaired) electrons. The highest BCUT2D eigenvalue weighted by Gasteiger charge is 2.07. The van der Waals surface area contributed by atoms with Crippen molar-refractivity contribution in [3.05, 3.63) is 59.6 Å². The Kier molecular flexibility index (Phi) is 3.01. The molecule has 0 fully saturated rings. The lowest BCUT2D eigenvalue weighted by molar-refractivity contribution is 0.423. The van der Waals surface area contributed by atoms with Crippen LogP contribution in [-0.2, 0) is 0 Å². The van der Waals surface area contributed by atoms with E-state index in [9.17, 15) is 4.39 Å². The van der Waals surface area contributed by atoms with Gasteiger partial charge in [0.15, 0.2) is 5.82 Å². The molecule has 0 N–H and O–H groups in total. The summed E-state index contributed by atoms with van der Waals surface area (Å²) in [4.78, 5) is 8.01. The molecule has 0 aliphatic heterocycles. The molecule has 0 spiro atoms. The number of benzene rings is 1. The number of halogens is 2. The van der Waals surface area contributed by atoms with Crippen LogP contribution < -0.4 is 4.74 Å². The number of aromatic nitrogens is 2. The Hall–Kier alpha value is -2.20. The highest BCUT2D eigenvalue weighted by atomic mass is 35.5. The zero-order valence-electron chi connectivity index (χ0n) is 9.68. The first kappa shape index (κ1) is 11.9. The van der Waals surface area contributed by atoms with Crippen molar-refractivity contribution >= 4 is 22.5 Å². The van der Waals surface area contributed by atoms with Gasteiger partial charge in [-0.25, -0.2) is 9.37 Å². The monoisotopic (exact) mass is 274 g/mol. The summed E-state index contributed by atoms with van der Waals surface area (Å²) >= 11 is 5.63. The third-order valence-corrected chi connectivity index (χ3v) is 2.77. The average molecular weight is 275 g/mol. The quantitative estimate of drug-likeness (QED) is 0.702. The Morgan fingerprint density at radius 2 is 2.00 bits per heavy atom. The molecule has 0 atom stereocenters.